The third-order valence-electron chi connectivity index (χ3n) is 5.76. The molecule has 9 nitrogen and oxygen atoms in total. The fourth-order valence-electron chi connectivity index (χ4n) is 3.96. The number of fused-ring (bicyclic) bond motifs is 1. The van der Waals surface area contributed by atoms with Crippen LogP contribution in [0.25, 0.3) is 10.9 Å². The summed E-state index contributed by atoms with van der Waals surface area (Å²) >= 11 is 6.38. The lowest BCUT2D eigenvalue weighted by Crippen LogP contribution is -2.35. The summed E-state index contributed by atoms with van der Waals surface area (Å²) in [5.41, 5.74) is 1.16. The number of amides is 1. The Hall–Kier alpha value is -3.33. The molecule has 0 unspecified atom stereocenters. The summed E-state index contributed by atoms with van der Waals surface area (Å²) in [7, 11) is 3.18. The first-order chi connectivity index (χ1) is 15.9. The van der Waals surface area contributed by atoms with Crippen molar-refractivity contribution in [1.82, 2.24) is 19.9 Å². The van der Waals surface area contributed by atoms with Gasteiger partial charge in [-0.25, -0.2) is 4.98 Å². The predicted octanol–water partition coefficient (Wildman–Crippen LogP) is 3.09. The molecule has 174 valence electrons. The molecule has 0 aliphatic carbocycles. The maximum atomic E-state index is 12.6. The van der Waals surface area contributed by atoms with E-state index in [0.717, 1.165) is 36.1 Å². The Morgan fingerprint density at radius 3 is 2.91 bits per heavy atom. The summed E-state index contributed by atoms with van der Waals surface area (Å²) in [5, 5.41) is 6.92. The molecule has 1 saturated heterocycles. The van der Waals surface area contributed by atoms with Gasteiger partial charge in [0.2, 0.25) is 5.95 Å². The van der Waals surface area contributed by atoms with Crippen LogP contribution in [-0.2, 0) is 11.8 Å². The number of anilines is 3. The molecule has 3 aromatic rings. The van der Waals surface area contributed by atoms with Gasteiger partial charge < -0.3 is 24.8 Å². The Bertz CT molecular complexity index is 1240. The van der Waals surface area contributed by atoms with Crippen molar-refractivity contribution in [2.24, 2.45) is 13.0 Å². The van der Waals surface area contributed by atoms with Gasteiger partial charge in [0, 0.05) is 38.3 Å². The maximum absolute atomic E-state index is 12.6. The number of rotatable bonds is 6. The molecule has 1 aromatic carbocycles. The number of piperidine rings is 1. The molecule has 4 rings (SSSR count). The fourth-order valence-corrected chi connectivity index (χ4v) is 4.09. The molecule has 2 N–H and O–H groups in total. The van der Waals surface area contributed by atoms with Gasteiger partial charge in [-0.15, -0.1) is 0 Å². The molecule has 1 aliphatic heterocycles. The number of aryl methyl sites for hydroxylation is 1. The van der Waals surface area contributed by atoms with E-state index in [1.807, 2.05) is 18.2 Å². The van der Waals surface area contributed by atoms with Crippen LogP contribution in [0.2, 0.25) is 5.02 Å². The number of likely N-dealkylation sites (N-methyl/N-ethyl adjacent to an activating group) is 1. The third kappa shape index (κ3) is 5.03. The van der Waals surface area contributed by atoms with E-state index in [1.165, 1.54) is 18.0 Å². The monoisotopic (exact) mass is 470 g/mol. The topological polar surface area (TPSA) is 101 Å². The normalized spacial score (nSPS) is 16.0. The van der Waals surface area contributed by atoms with Gasteiger partial charge >= 0.3 is 0 Å². The highest BCUT2D eigenvalue weighted by Gasteiger charge is 2.20. The minimum absolute atomic E-state index is 0.104. The molecule has 0 spiro atoms. The van der Waals surface area contributed by atoms with Gasteiger partial charge in [0.05, 0.1) is 11.7 Å². The van der Waals surface area contributed by atoms with E-state index in [2.05, 4.69) is 32.4 Å². The van der Waals surface area contributed by atoms with Crippen LogP contribution in [0, 0.1) is 5.92 Å². The van der Waals surface area contributed by atoms with Gasteiger partial charge in [-0.1, -0.05) is 18.5 Å². The number of pyridine rings is 1. The Balaban J connectivity index is 1.62. The number of hydrogen-bond acceptors (Lipinski definition) is 7. The molecule has 1 amide bonds. The van der Waals surface area contributed by atoms with Crippen molar-refractivity contribution < 1.29 is 9.53 Å². The van der Waals surface area contributed by atoms with Crippen molar-refractivity contribution in [3.63, 3.8) is 0 Å². The van der Waals surface area contributed by atoms with Gasteiger partial charge in [0.25, 0.3) is 11.5 Å². The molecular weight excluding hydrogens is 444 g/mol. The zero-order valence-electron chi connectivity index (χ0n) is 18.9. The summed E-state index contributed by atoms with van der Waals surface area (Å²) in [5.74, 6) is 1.56. The Labute approximate surface area is 196 Å². The van der Waals surface area contributed by atoms with Gasteiger partial charge in [0.15, 0.2) is 18.2 Å². The number of ether oxygens (including phenoxy) is 1. The van der Waals surface area contributed by atoms with Crippen molar-refractivity contribution in [3.05, 3.63) is 45.8 Å². The highest BCUT2D eigenvalue weighted by atomic mass is 35.5. The van der Waals surface area contributed by atoms with Crippen LogP contribution in [-0.4, -0.2) is 47.2 Å². The van der Waals surface area contributed by atoms with Crippen molar-refractivity contribution in [2.45, 2.75) is 19.8 Å². The summed E-state index contributed by atoms with van der Waals surface area (Å²) < 4.78 is 6.93. The van der Waals surface area contributed by atoms with E-state index in [-0.39, 0.29) is 23.8 Å². The lowest BCUT2D eigenvalue weighted by Gasteiger charge is -2.31. The van der Waals surface area contributed by atoms with Crippen LogP contribution in [0.1, 0.15) is 19.8 Å². The van der Waals surface area contributed by atoms with E-state index in [1.54, 1.807) is 19.3 Å². The second-order valence-corrected chi connectivity index (χ2v) is 8.70. The number of carbonyl (C=O) groups is 1. The number of nitrogens with zero attached hydrogens (tertiary/aromatic N) is 4. The molecule has 1 fully saturated rings. The van der Waals surface area contributed by atoms with Crippen LogP contribution in [0.4, 0.5) is 17.5 Å². The van der Waals surface area contributed by atoms with Crippen molar-refractivity contribution in [1.29, 1.82) is 0 Å². The van der Waals surface area contributed by atoms with Crippen LogP contribution < -0.4 is 25.8 Å². The number of aromatic nitrogens is 3. The Morgan fingerprint density at radius 1 is 1.33 bits per heavy atom. The zero-order valence-corrected chi connectivity index (χ0v) is 19.6. The highest BCUT2D eigenvalue weighted by Crippen LogP contribution is 2.28. The van der Waals surface area contributed by atoms with Crippen molar-refractivity contribution in [3.8, 4) is 5.75 Å². The number of halogens is 1. The third-order valence-corrected chi connectivity index (χ3v) is 6.04. The highest BCUT2D eigenvalue weighted by molar-refractivity contribution is 6.32. The number of benzene rings is 1. The molecule has 1 atom stereocenters. The minimum atomic E-state index is -0.315. The molecular formula is C23H27ClN6O3. The molecule has 1 aliphatic rings. The van der Waals surface area contributed by atoms with Gasteiger partial charge in [-0.3, -0.25) is 9.59 Å². The summed E-state index contributed by atoms with van der Waals surface area (Å²) in [4.78, 5) is 35.3. The van der Waals surface area contributed by atoms with Crippen molar-refractivity contribution >= 4 is 45.9 Å². The average Bonchev–Trinajstić information content (AvgIpc) is 2.81. The average molecular weight is 471 g/mol. The molecule has 0 radical (unpaired) electrons. The van der Waals surface area contributed by atoms with E-state index in [0.29, 0.717) is 22.7 Å². The first-order valence-electron chi connectivity index (χ1n) is 10.9. The lowest BCUT2D eigenvalue weighted by molar-refractivity contribution is -0.122. The van der Waals surface area contributed by atoms with E-state index >= 15 is 0 Å². The second kappa shape index (κ2) is 9.66. The summed E-state index contributed by atoms with van der Waals surface area (Å²) in [6.07, 6.45) is 3.94. The maximum Gasteiger partial charge on any atom is 0.293 e. The zero-order chi connectivity index (χ0) is 23.5. The number of carbonyl (C=O) groups excluding carboxylic acids is 1. The molecule has 0 bridgehead atoms. The molecule has 10 heteroatoms. The quantitative estimate of drug-likeness (QED) is 0.570. The standard InChI is InChI=1S/C23H27ClN6O3/c1-14-5-4-8-30(12-14)23-26-11-17(24)21(28-23)27-16-6-7-18-15(9-16)10-19(22(32)29(18)3)33-13-20(31)25-2/h6-7,9-11,14H,4-5,8,12-13H2,1-3H3,(H,25,31)(H,26,27,28)/t14-/m1/s1. The van der Waals surface area contributed by atoms with Crippen molar-refractivity contribution in [2.75, 3.05) is 37.0 Å². The van der Waals surface area contributed by atoms with Crippen LogP contribution >= 0.6 is 11.6 Å². The summed E-state index contributed by atoms with van der Waals surface area (Å²) in [6, 6.07) is 7.20. The summed E-state index contributed by atoms with van der Waals surface area (Å²) in [6.45, 7) is 3.85. The molecule has 33 heavy (non-hydrogen) atoms. The first-order valence-corrected chi connectivity index (χ1v) is 11.2. The minimum Gasteiger partial charge on any atom is -0.478 e. The van der Waals surface area contributed by atoms with Gasteiger partial charge in [0.1, 0.15) is 5.02 Å². The largest absolute Gasteiger partial charge is 0.478 e. The smallest absolute Gasteiger partial charge is 0.293 e. The first kappa shape index (κ1) is 22.8. The Kier molecular flexibility index (Phi) is 6.69. The number of nitrogens with one attached hydrogen (secondary N) is 2. The van der Waals surface area contributed by atoms with Gasteiger partial charge in [-0.2, -0.15) is 4.98 Å². The fraction of sp³-hybridized carbons (Fsp3) is 0.391. The van der Waals surface area contributed by atoms with Gasteiger partial charge in [-0.05, 0) is 43.0 Å². The van der Waals surface area contributed by atoms with E-state index in [4.69, 9.17) is 16.3 Å². The molecule has 0 saturated carbocycles. The Morgan fingerprint density at radius 2 is 2.15 bits per heavy atom. The van der Waals surface area contributed by atoms with Crippen LogP contribution in [0.3, 0.4) is 0 Å². The molecule has 2 aromatic heterocycles. The predicted molar refractivity (Wildman–Crippen MR) is 130 cm³/mol. The molecule has 3 heterocycles. The second-order valence-electron chi connectivity index (χ2n) is 8.29. The van der Waals surface area contributed by atoms with E-state index < -0.39 is 0 Å². The number of hydrogen-bond donors (Lipinski definition) is 2. The van der Waals surface area contributed by atoms with Crippen LogP contribution in [0.5, 0.6) is 5.75 Å². The van der Waals surface area contributed by atoms with E-state index in [9.17, 15) is 9.59 Å². The lowest BCUT2D eigenvalue weighted by atomic mass is 10.0. The van der Waals surface area contributed by atoms with Crippen LogP contribution in [0.15, 0.2) is 35.3 Å². The SMILES string of the molecule is CNC(=O)COc1cc2cc(Nc3nc(N4CCC[C@@H](C)C4)ncc3Cl)ccc2n(C)c1=O.